The van der Waals surface area contributed by atoms with Crippen LogP contribution in [0.25, 0.3) is 0 Å². The van der Waals surface area contributed by atoms with Gasteiger partial charge in [0.1, 0.15) is 0 Å². The van der Waals surface area contributed by atoms with E-state index in [1.807, 2.05) is 0 Å². The minimum absolute atomic E-state index is 0.116. The van der Waals surface area contributed by atoms with Crippen LogP contribution in [0.3, 0.4) is 0 Å². The fourth-order valence-corrected chi connectivity index (χ4v) is 3.02. The van der Waals surface area contributed by atoms with Crippen molar-refractivity contribution in [1.82, 2.24) is 15.1 Å². The van der Waals surface area contributed by atoms with Gasteiger partial charge in [0.25, 0.3) is 0 Å². The van der Waals surface area contributed by atoms with Crippen molar-refractivity contribution in [3.05, 3.63) is 17.5 Å². The van der Waals surface area contributed by atoms with Crippen molar-refractivity contribution in [1.29, 1.82) is 0 Å². The van der Waals surface area contributed by atoms with Crippen LogP contribution >= 0.6 is 0 Å². The predicted octanol–water partition coefficient (Wildman–Crippen LogP) is 1.81. The predicted molar refractivity (Wildman–Crippen MR) is 60.2 cm³/mol. The molecular weight excluding hydrogens is 186 g/mol. The lowest BCUT2D eigenvalue weighted by Gasteiger charge is -2.26. The third-order valence-corrected chi connectivity index (χ3v) is 3.65. The molecule has 3 rings (SSSR count). The number of hydrogen-bond acceptors (Lipinski definition) is 2. The van der Waals surface area contributed by atoms with Gasteiger partial charge in [-0.05, 0) is 32.8 Å². The number of hydrogen-bond donors (Lipinski definition) is 1. The molecule has 3 heteroatoms. The van der Waals surface area contributed by atoms with Crippen LogP contribution in [0.4, 0.5) is 0 Å². The first-order valence-corrected chi connectivity index (χ1v) is 5.86. The molecule has 1 N–H and O–H groups in total. The third-order valence-electron chi connectivity index (χ3n) is 3.65. The third kappa shape index (κ3) is 1.26. The Morgan fingerprint density at radius 2 is 2.07 bits per heavy atom. The van der Waals surface area contributed by atoms with Crippen LogP contribution in [0, 0.1) is 0 Å². The van der Waals surface area contributed by atoms with E-state index in [9.17, 15) is 0 Å². The smallest absolute Gasteiger partial charge is 0.0546 e. The summed E-state index contributed by atoms with van der Waals surface area (Å²) in [5.41, 5.74) is 3.11. The molecule has 1 saturated heterocycles. The van der Waals surface area contributed by atoms with Gasteiger partial charge in [0, 0.05) is 30.6 Å². The maximum Gasteiger partial charge on any atom is 0.0546 e. The Morgan fingerprint density at radius 1 is 1.33 bits per heavy atom. The lowest BCUT2D eigenvalue weighted by Crippen LogP contribution is -2.32. The zero-order valence-corrected chi connectivity index (χ0v) is 9.75. The van der Waals surface area contributed by atoms with Gasteiger partial charge >= 0.3 is 0 Å². The molecule has 2 bridgehead atoms. The monoisotopic (exact) mass is 205 g/mol. The Labute approximate surface area is 90.9 Å². The van der Waals surface area contributed by atoms with Crippen LogP contribution < -0.4 is 5.32 Å². The molecule has 2 heterocycles. The molecule has 0 saturated carbocycles. The van der Waals surface area contributed by atoms with E-state index in [4.69, 9.17) is 0 Å². The molecule has 0 amide bonds. The minimum atomic E-state index is 0.116. The second-order valence-electron chi connectivity index (χ2n) is 5.86. The van der Waals surface area contributed by atoms with Crippen molar-refractivity contribution in [2.24, 2.45) is 0 Å². The summed E-state index contributed by atoms with van der Waals surface area (Å²) in [6, 6.07) is 0. The van der Waals surface area contributed by atoms with Crippen molar-refractivity contribution < 1.29 is 0 Å². The van der Waals surface area contributed by atoms with Crippen LogP contribution in [-0.4, -0.2) is 22.9 Å². The van der Waals surface area contributed by atoms with Crippen molar-refractivity contribution in [3.63, 3.8) is 0 Å². The molecule has 15 heavy (non-hydrogen) atoms. The summed E-state index contributed by atoms with van der Waals surface area (Å²) < 4.78 is 2.24. The van der Waals surface area contributed by atoms with E-state index in [2.05, 4.69) is 42.1 Å². The van der Waals surface area contributed by atoms with Gasteiger partial charge in [0.15, 0.2) is 0 Å². The van der Waals surface area contributed by atoms with Crippen molar-refractivity contribution >= 4 is 0 Å². The Balaban J connectivity index is 2.12. The van der Waals surface area contributed by atoms with Crippen molar-refractivity contribution in [3.8, 4) is 0 Å². The maximum absolute atomic E-state index is 4.58. The summed E-state index contributed by atoms with van der Waals surface area (Å²) in [4.78, 5) is 0. The minimum Gasteiger partial charge on any atom is -0.315 e. The average Bonchev–Trinajstić information content (AvgIpc) is 2.68. The second kappa shape index (κ2) is 2.85. The summed E-state index contributed by atoms with van der Waals surface area (Å²) >= 11 is 0. The fourth-order valence-electron chi connectivity index (χ4n) is 3.02. The lowest BCUT2D eigenvalue weighted by atomic mass is 9.98. The molecule has 1 aromatic rings. The quantitative estimate of drug-likeness (QED) is 0.700. The summed E-state index contributed by atoms with van der Waals surface area (Å²) in [6.45, 7) is 8.96. The largest absolute Gasteiger partial charge is 0.315 e. The molecule has 2 unspecified atom stereocenters. The van der Waals surface area contributed by atoms with E-state index >= 15 is 0 Å². The van der Waals surface area contributed by atoms with Gasteiger partial charge in [-0.2, -0.15) is 5.10 Å². The van der Waals surface area contributed by atoms with E-state index in [0.29, 0.717) is 5.92 Å². The topological polar surface area (TPSA) is 29.9 Å². The van der Waals surface area contributed by atoms with Gasteiger partial charge in [-0.3, -0.25) is 4.68 Å². The van der Waals surface area contributed by atoms with E-state index < -0.39 is 0 Å². The average molecular weight is 205 g/mol. The number of nitrogens with one attached hydrogen (secondary N) is 1. The Bertz CT molecular complexity index is 386. The first kappa shape index (κ1) is 9.40. The standard InChI is InChI=1S/C12H19N3/c1-12(2,3)15-11-9-4-8(5-13-6-9)10(11)7-14-15/h7-9,13H,4-6H2,1-3H3. The second-order valence-corrected chi connectivity index (χ2v) is 5.86. The number of nitrogens with zero attached hydrogens (tertiary/aromatic N) is 2. The summed E-state index contributed by atoms with van der Waals surface area (Å²) in [5.74, 6) is 1.41. The van der Waals surface area contributed by atoms with E-state index in [1.54, 1.807) is 0 Å². The number of piperidine rings is 1. The first-order chi connectivity index (χ1) is 7.07. The molecule has 0 aromatic carbocycles. The fraction of sp³-hybridized carbons (Fsp3) is 0.750. The van der Waals surface area contributed by atoms with E-state index in [0.717, 1.165) is 19.0 Å². The van der Waals surface area contributed by atoms with Gasteiger partial charge in [-0.1, -0.05) is 0 Å². The molecule has 0 radical (unpaired) electrons. The lowest BCUT2D eigenvalue weighted by molar-refractivity contribution is 0.328. The maximum atomic E-state index is 4.58. The van der Waals surface area contributed by atoms with E-state index in [1.165, 1.54) is 17.7 Å². The summed E-state index contributed by atoms with van der Waals surface area (Å²) in [5, 5.41) is 8.10. The number of aromatic nitrogens is 2. The number of rotatable bonds is 0. The Hall–Kier alpha value is -0.830. The highest BCUT2D eigenvalue weighted by Gasteiger charge is 2.39. The zero-order valence-electron chi connectivity index (χ0n) is 9.75. The molecule has 1 aliphatic heterocycles. The van der Waals surface area contributed by atoms with Crippen LogP contribution in [0.15, 0.2) is 6.20 Å². The SMILES string of the molecule is CC(C)(C)n1ncc2c1C1CNCC2C1. The molecular formula is C12H19N3. The highest BCUT2D eigenvalue weighted by atomic mass is 15.3. The van der Waals surface area contributed by atoms with Crippen LogP contribution in [0.1, 0.15) is 50.3 Å². The van der Waals surface area contributed by atoms with E-state index in [-0.39, 0.29) is 5.54 Å². The van der Waals surface area contributed by atoms with Gasteiger partial charge in [-0.15, -0.1) is 0 Å². The molecule has 1 aliphatic carbocycles. The molecule has 0 spiro atoms. The first-order valence-electron chi connectivity index (χ1n) is 5.86. The normalized spacial score (nSPS) is 29.3. The van der Waals surface area contributed by atoms with Gasteiger partial charge in [-0.25, -0.2) is 0 Å². The van der Waals surface area contributed by atoms with Crippen LogP contribution in [-0.2, 0) is 5.54 Å². The van der Waals surface area contributed by atoms with Crippen LogP contribution in [0.5, 0.6) is 0 Å². The zero-order chi connectivity index (χ0) is 10.6. The highest BCUT2D eigenvalue weighted by molar-refractivity contribution is 5.35. The van der Waals surface area contributed by atoms with Crippen LogP contribution in [0.2, 0.25) is 0 Å². The summed E-state index contributed by atoms with van der Waals surface area (Å²) in [7, 11) is 0. The molecule has 2 aliphatic rings. The summed E-state index contributed by atoms with van der Waals surface area (Å²) in [6.07, 6.45) is 3.43. The Morgan fingerprint density at radius 3 is 2.80 bits per heavy atom. The Kier molecular flexibility index (Phi) is 1.78. The molecule has 2 atom stereocenters. The van der Waals surface area contributed by atoms with Crippen molar-refractivity contribution in [2.75, 3.05) is 13.1 Å². The van der Waals surface area contributed by atoms with Gasteiger partial charge in [0.2, 0.25) is 0 Å². The van der Waals surface area contributed by atoms with Crippen molar-refractivity contribution in [2.45, 2.75) is 44.6 Å². The number of fused-ring (bicyclic) bond motifs is 5. The molecule has 1 fully saturated rings. The molecule has 3 nitrogen and oxygen atoms in total. The molecule has 82 valence electrons. The highest BCUT2D eigenvalue weighted by Crippen LogP contribution is 2.44. The van der Waals surface area contributed by atoms with Gasteiger partial charge < -0.3 is 5.32 Å². The van der Waals surface area contributed by atoms with Gasteiger partial charge in [0.05, 0.1) is 11.7 Å². The molecule has 1 aromatic heterocycles.